The van der Waals surface area contributed by atoms with Crippen LogP contribution in [0.5, 0.6) is 0 Å². The number of aromatic nitrogens is 1. The molecule has 0 radical (unpaired) electrons. The Balaban J connectivity index is 1.71. The first kappa shape index (κ1) is 13.8. The summed E-state index contributed by atoms with van der Waals surface area (Å²) < 4.78 is 1.85. The Kier molecular flexibility index (Phi) is 3.38. The first-order valence-corrected chi connectivity index (χ1v) is 8.32. The van der Waals surface area contributed by atoms with Gasteiger partial charge in [0.15, 0.2) is 0 Å². The van der Waals surface area contributed by atoms with E-state index in [0.717, 1.165) is 24.8 Å². The van der Waals surface area contributed by atoms with E-state index < -0.39 is 0 Å². The van der Waals surface area contributed by atoms with E-state index in [9.17, 15) is 4.79 Å². The lowest BCUT2D eigenvalue weighted by Crippen LogP contribution is -2.28. The van der Waals surface area contributed by atoms with E-state index in [1.54, 1.807) is 0 Å². The Morgan fingerprint density at radius 2 is 1.86 bits per heavy atom. The highest BCUT2D eigenvalue weighted by atomic mass is 16.1. The van der Waals surface area contributed by atoms with E-state index >= 15 is 0 Å². The number of hydrogen-bond acceptors (Lipinski definition) is 2. The Labute approximate surface area is 130 Å². The second-order valence-corrected chi connectivity index (χ2v) is 6.62. The number of nitrogens with two attached hydrogens (primary N) is 1. The zero-order chi connectivity index (χ0) is 15.1. The largest absolute Gasteiger partial charge is 0.320 e. The number of nitrogens with zero attached hydrogens (tertiary/aromatic N) is 1. The van der Waals surface area contributed by atoms with Crippen molar-refractivity contribution in [1.82, 2.24) is 4.57 Å². The second-order valence-electron chi connectivity index (χ2n) is 6.62. The van der Waals surface area contributed by atoms with Gasteiger partial charge in [0.2, 0.25) is 0 Å². The number of aryl methyl sites for hydroxylation is 2. The van der Waals surface area contributed by atoms with Gasteiger partial charge >= 0.3 is 0 Å². The van der Waals surface area contributed by atoms with Gasteiger partial charge in [0.05, 0.1) is 6.04 Å². The average molecular weight is 294 g/mol. The van der Waals surface area contributed by atoms with Crippen LogP contribution in [0.4, 0.5) is 0 Å². The van der Waals surface area contributed by atoms with Crippen LogP contribution in [-0.4, -0.2) is 4.57 Å². The highest BCUT2D eigenvalue weighted by molar-refractivity contribution is 5.38. The molecule has 1 aromatic heterocycles. The van der Waals surface area contributed by atoms with Crippen LogP contribution >= 0.6 is 0 Å². The van der Waals surface area contributed by atoms with Crippen molar-refractivity contribution >= 4 is 0 Å². The summed E-state index contributed by atoms with van der Waals surface area (Å²) in [6, 6.07) is 10.4. The zero-order valence-electron chi connectivity index (χ0n) is 12.8. The predicted octanol–water partition coefficient (Wildman–Crippen LogP) is 3.11. The molecule has 0 aliphatic heterocycles. The minimum atomic E-state index is -0.328. The highest BCUT2D eigenvalue weighted by Gasteiger charge is 2.26. The summed E-state index contributed by atoms with van der Waals surface area (Å²) in [5.74, 6) is 0. The van der Waals surface area contributed by atoms with E-state index in [-0.39, 0.29) is 11.6 Å². The van der Waals surface area contributed by atoms with Crippen LogP contribution < -0.4 is 11.3 Å². The van der Waals surface area contributed by atoms with Gasteiger partial charge in [-0.25, -0.2) is 0 Å². The van der Waals surface area contributed by atoms with Crippen molar-refractivity contribution in [2.24, 2.45) is 5.73 Å². The SMILES string of the molecule is NC(c1ccc2c(c1)CCCC2)c1cccn(C2CC2)c1=O. The summed E-state index contributed by atoms with van der Waals surface area (Å²) in [5.41, 5.74) is 11.1. The molecular formula is C19H22N2O. The second kappa shape index (κ2) is 5.40. The fourth-order valence-electron chi connectivity index (χ4n) is 3.53. The molecular weight excluding hydrogens is 272 g/mol. The van der Waals surface area contributed by atoms with Crippen molar-refractivity contribution in [1.29, 1.82) is 0 Å². The van der Waals surface area contributed by atoms with Gasteiger partial charge < -0.3 is 10.3 Å². The van der Waals surface area contributed by atoms with Gasteiger partial charge in [-0.1, -0.05) is 24.3 Å². The van der Waals surface area contributed by atoms with Gasteiger partial charge in [-0.05, 0) is 61.3 Å². The molecule has 4 rings (SSSR count). The third kappa shape index (κ3) is 2.40. The normalized spacial score (nSPS) is 18.8. The number of rotatable bonds is 3. The molecule has 2 aliphatic rings. The van der Waals surface area contributed by atoms with Crippen molar-refractivity contribution in [3.63, 3.8) is 0 Å². The Morgan fingerprint density at radius 3 is 2.64 bits per heavy atom. The van der Waals surface area contributed by atoms with E-state index in [1.807, 2.05) is 22.9 Å². The van der Waals surface area contributed by atoms with Crippen LogP contribution in [0.25, 0.3) is 0 Å². The van der Waals surface area contributed by atoms with Crippen LogP contribution in [-0.2, 0) is 12.8 Å². The maximum absolute atomic E-state index is 12.6. The first-order chi connectivity index (χ1) is 10.7. The number of pyridine rings is 1. The van der Waals surface area contributed by atoms with Gasteiger partial charge in [0.25, 0.3) is 5.56 Å². The molecule has 114 valence electrons. The molecule has 1 heterocycles. The molecule has 2 aromatic rings. The third-order valence-electron chi connectivity index (χ3n) is 5.01. The van der Waals surface area contributed by atoms with E-state index in [1.165, 1.54) is 30.4 Å². The summed E-state index contributed by atoms with van der Waals surface area (Å²) in [4.78, 5) is 12.6. The molecule has 0 saturated heterocycles. The molecule has 2 N–H and O–H groups in total. The minimum absolute atomic E-state index is 0.0789. The van der Waals surface area contributed by atoms with Gasteiger partial charge in [0.1, 0.15) is 0 Å². The van der Waals surface area contributed by atoms with Crippen molar-refractivity contribution in [2.75, 3.05) is 0 Å². The number of hydrogen-bond donors (Lipinski definition) is 1. The van der Waals surface area contributed by atoms with E-state index in [0.29, 0.717) is 11.6 Å². The van der Waals surface area contributed by atoms with Crippen molar-refractivity contribution in [2.45, 2.75) is 50.6 Å². The molecule has 2 aliphatic carbocycles. The number of fused-ring (bicyclic) bond motifs is 1. The van der Waals surface area contributed by atoms with Gasteiger partial charge in [-0.3, -0.25) is 4.79 Å². The zero-order valence-corrected chi connectivity index (χ0v) is 12.8. The van der Waals surface area contributed by atoms with Crippen LogP contribution in [0.15, 0.2) is 41.3 Å². The molecule has 0 amide bonds. The van der Waals surface area contributed by atoms with Crippen LogP contribution in [0, 0.1) is 0 Å². The fourth-order valence-corrected chi connectivity index (χ4v) is 3.53. The third-order valence-corrected chi connectivity index (χ3v) is 5.01. The first-order valence-electron chi connectivity index (χ1n) is 8.32. The number of benzene rings is 1. The molecule has 1 saturated carbocycles. The topological polar surface area (TPSA) is 48.0 Å². The Hall–Kier alpha value is -1.87. The van der Waals surface area contributed by atoms with Gasteiger partial charge in [-0.15, -0.1) is 0 Å². The lowest BCUT2D eigenvalue weighted by Gasteiger charge is -2.19. The monoisotopic (exact) mass is 294 g/mol. The summed E-state index contributed by atoms with van der Waals surface area (Å²) in [5, 5.41) is 0. The molecule has 22 heavy (non-hydrogen) atoms. The van der Waals surface area contributed by atoms with Crippen molar-refractivity contribution < 1.29 is 0 Å². The molecule has 3 heteroatoms. The molecule has 3 nitrogen and oxygen atoms in total. The van der Waals surface area contributed by atoms with E-state index in [4.69, 9.17) is 5.73 Å². The summed E-state index contributed by atoms with van der Waals surface area (Å²) in [6.45, 7) is 0. The highest BCUT2D eigenvalue weighted by Crippen LogP contribution is 2.33. The minimum Gasteiger partial charge on any atom is -0.320 e. The van der Waals surface area contributed by atoms with Crippen LogP contribution in [0.2, 0.25) is 0 Å². The Bertz CT molecular complexity index is 758. The average Bonchev–Trinajstić information content (AvgIpc) is 3.39. The fraction of sp³-hybridized carbons (Fsp3) is 0.421. The van der Waals surface area contributed by atoms with E-state index in [2.05, 4.69) is 18.2 Å². The van der Waals surface area contributed by atoms with Crippen molar-refractivity contribution in [3.8, 4) is 0 Å². The maximum Gasteiger partial charge on any atom is 0.255 e. The lowest BCUT2D eigenvalue weighted by molar-refractivity contribution is 0.676. The molecule has 1 atom stereocenters. The van der Waals surface area contributed by atoms with Gasteiger partial charge in [0, 0.05) is 17.8 Å². The molecule has 1 fully saturated rings. The molecule has 1 unspecified atom stereocenters. The van der Waals surface area contributed by atoms with Crippen LogP contribution in [0.3, 0.4) is 0 Å². The van der Waals surface area contributed by atoms with Crippen molar-refractivity contribution in [3.05, 3.63) is 69.1 Å². The predicted molar refractivity (Wildman–Crippen MR) is 88.1 cm³/mol. The molecule has 1 aromatic carbocycles. The quantitative estimate of drug-likeness (QED) is 0.945. The summed E-state index contributed by atoms with van der Waals surface area (Å²) in [6.07, 6.45) is 8.95. The maximum atomic E-state index is 12.6. The van der Waals surface area contributed by atoms with Gasteiger partial charge in [-0.2, -0.15) is 0 Å². The molecule has 0 bridgehead atoms. The van der Waals surface area contributed by atoms with Crippen LogP contribution in [0.1, 0.15) is 60.0 Å². The lowest BCUT2D eigenvalue weighted by atomic mass is 9.88. The smallest absolute Gasteiger partial charge is 0.255 e. The molecule has 0 spiro atoms. The Morgan fingerprint density at radius 1 is 1.09 bits per heavy atom. The summed E-state index contributed by atoms with van der Waals surface area (Å²) >= 11 is 0. The summed E-state index contributed by atoms with van der Waals surface area (Å²) in [7, 11) is 0. The standard InChI is InChI=1S/C19H22N2O/c20-18(15-8-7-13-4-1-2-5-14(13)12-15)17-6-3-11-21(19(17)22)16-9-10-16/h3,6-8,11-12,16,18H,1-2,4-5,9-10,20H2.